The van der Waals surface area contributed by atoms with Crippen molar-refractivity contribution in [3.8, 4) is 0 Å². The van der Waals surface area contributed by atoms with E-state index in [0.717, 1.165) is 19.5 Å². The molecule has 108 valence electrons. The summed E-state index contributed by atoms with van der Waals surface area (Å²) in [6.07, 6.45) is 0.845. The van der Waals surface area contributed by atoms with Crippen LogP contribution in [0, 0.1) is 11.3 Å². The highest BCUT2D eigenvalue weighted by molar-refractivity contribution is 5.20. The van der Waals surface area contributed by atoms with Crippen molar-refractivity contribution in [3.05, 3.63) is 35.9 Å². The van der Waals surface area contributed by atoms with E-state index in [9.17, 15) is 0 Å². The zero-order valence-electron chi connectivity index (χ0n) is 12.8. The maximum atomic E-state index is 9.05. The zero-order chi connectivity index (χ0) is 14.3. The summed E-state index contributed by atoms with van der Waals surface area (Å²) in [6, 6.07) is 10.7. The van der Waals surface area contributed by atoms with E-state index < -0.39 is 0 Å². The van der Waals surface area contributed by atoms with E-state index in [2.05, 4.69) is 63.3 Å². The predicted octanol–water partition coefficient (Wildman–Crippen LogP) is 3.42. The number of benzene rings is 1. The minimum absolute atomic E-state index is 0.160. The lowest BCUT2D eigenvalue weighted by Crippen LogP contribution is -2.34. The highest BCUT2D eigenvalue weighted by atomic mass is 16.3. The number of nitrogens with one attached hydrogen (secondary N) is 1. The molecule has 0 fully saturated rings. The van der Waals surface area contributed by atoms with Crippen LogP contribution in [0.4, 0.5) is 0 Å². The van der Waals surface area contributed by atoms with Crippen molar-refractivity contribution < 1.29 is 5.11 Å². The number of hydrogen-bond donors (Lipinski definition) is 2. The summed E-state index contributed by atoms with van der Waals surface area (Å²) in [5, 5.41) is 12.6. The van der Waals surface area contributed by atoms with Crippen molar-refractivity contribution in [2.45, 2.75) is 40.0 Å². The summed E-state index contributed by atoms with van der Waals surface area (Å²) in [4.78, 5) is 0. The Labute approximate surface area is 118 Å². The second kappa shape index (κ2) is 7.66. The molecule has 2 heteroatoms. The highest BCUT2D eigenvalue weighted by Crippen LogP contribution is 2.24. The summed E-state index contributed by atoms with van der Waals surface area (Å²) in [5.74, 6) is 1.17. The van der Waals surface area contributed by atoms with E-state index in [1.807, 2.05) is 0 Å². The average Bonchev–Trinajstić information content (AvgIpc) is 2.35. The van der Waals surface area contributed by atoms with Gasteiger partial charge in [0.1, 0.15) is 0 Å². The lowest BCUT2D eigenvalue weighted by molar-refractivity contribution is 0.205. The first kappa shape index (κ1) is 16.2. The summed E-state index contributed by atoms with van der Waals surface area (Å²) < 4.78 is 0. The molecule has 0 aliphatic rings. The molecular weight excluding hydrogens is 234 g/mol. The lowest BCUT2D eigenvalue weighted by atomic mass is 9.86. The Morgan fingerprint density at radius 1 is 1.16 bits per heavy atom. The first-order chi connectivity index (χ1) is 8.96. The normalized spacial score (nSPS) is 13.8. The van der Waals surface area contributed by atoms with Gasteiger partial charge in [-0.15, -0.1) is 0 Å². The molecule has 0 spiro atoms. The van der Waals surface area contributed by atoms with Crippen LogP contribution in [0.25, 0.3) is 0 Å². The van der Waals surface area contributed by atoms with Gasteiger partial charge in [-0.2, -0.15) is 0 Å². The Bertz CT molecular complexity index is 346. The van der Waals surface area contributed by atoms with Crippen LogP contribution >= 0.6 is 0 Å². The minimum Gasteiger partial charge on any atom is -0.396 e. The number of hydrogen-bond acceptors (Lipinski definition) is 2. The predicted molar refractivity (Wildman–Crippen MR) is 82.4 cm³/mol. The van der Waals surface area contributed by atoms with Gasteiger partial charge in [0.05, 0.1) is 0 Å². The standard InChI is InChI=1S/C17H29NO/c1-14(2)16(15-8-6-5-7-9-15)12-18-13-17(3,4)10-11-19/h5-9,14,16,18-19H,10-13H2,1-4H3. The molecule has 0 saturated carbocycles. The van der Waals surface area contributed by atoms with Crippen molar-refractivity contribution >= 4 is 0 Å². The third-order valence-corrected chi connectivity index (χ3v) is 3.79. The monoisotopic (exact) mass is 263 g/mol. The molecule has 19 heavy (non-hydrogen) atoms. The van der Waals surface area contributed by atoms with E-state index in [1.54, 1.807) is 0 Å². The third-order valence-electron chi connectivity index (χ3n) is 3.79. The van der Waals surface area contributed by atoms with Crippen LogP contribution in [-0.4, -0.2) is 24.8 Å². The summed E-state index contributed by atoms with van der Waals surface area (Å²) in [5.41, 5.74) is 1.57. The topological polar surface area (TPSA) is 32.3 Å². The molecule has 2 N–H and O–H groups in total. The molecule has 1 aromatic carbocycles. The van der Waals surface area contributed by atoms with E-state index in [0.29, 0.717) is 11.8 Å². The van der Waals surface area contributed by atoms with Gasteiger partial charge in [-0.1, -0.05) is 58.0 Å². The van der Waals surface area contributed by atoms with Crippen molar-refractivity contribution in [2.24, 2.45) is 11.3 Å². The van der Waals surface area contributed by atoms with E-state index >= 15 is 0 Å². The van der Waals surface area contributed by atoms with Gasteiger partial charge in [0.2, 0.25) is 0 Å². The van der Waals surface area contributed by atoms with Crippen LogP contribution in [-0.2, 0) is 0 Å². The van der Waals surface area contributed by atoms with Gasteiger partial charge in [-0.25, -0.2) is 0 Å². The number of aliphatic hydroxyl groups is 1. The maximum absolute atomic E-state index is 9.05. The lowest BCUT2D eigenvalue weighted by Gasteiger charge is -2.27. The SMILES string of the molecule is CC(C)C(CNCC(C)(C)CCO)c1ccccc1. The number of rotatable bonds is 8. The molecular formula is C17H29NO. The van der Waals surface area contributed by atoms with Gasteiger partial charge >= 0.3 is 0 Å². The van der Waals surface area contributed by atoms with Crippen LogP contribution in [0.15, 0.2) is 30.3 Å². The fraction of sp³-hybridized carbons (Fsp3) is 0.647. The van der Waals surface area contributed by atoms with E-state index in [-0.39, 0.29) is 12.0 Å². The summed E-state index contributed by atoms with van der Waals surface area (Å²) in [7, 11) is 0. The molecule has 0 bridgehead atoms. The maximum Gasteiger partial charge on any atom is 0.0436 e. The smallest absolute Gasteiger partial charge is 0.0436 e. The molecule has 2 nitrogen and oxygen atoms in total. The van der Waals surface area contributed by atoms with E-state index in [1.165, 1.54) is 5.56 Å². The second-order valence-corrected chi connectivity index (χ2v) is 6.53. The Morgan fingerprint density at radius 2 is 1.79 bits per heavy atom. The van der Waals surface area contributed by atoms with Gasteiger partial charge < -0.3 is 10.4 Å². The fourth-order valence-corrected chi connectivity index (χ4v) is 2.40. The molecule has 0 amide bonds. The van der Waals surface area contributed by atoms with Crippen LogP contribution in [0.5, 0.6) is 0 Å². The molecule has 0 aliphatic carbocycles. The van der Waals surface area contributed by atoms with Crippen LogP contribution in [0.2, 0.25) is 0 Å². The molecule has 0 radical (unpaired) electrons. The Kier molecular flexibility index (Phi) is 6.53. The van der Waals surface area contributed by atoms with Crippen molar-refractivity contribution in [3.63, 3.8) is 0 Å². The fourth-order valence-electron chi connectivity index (χ4n) is 2.40. The summed E-state index contributed by atoms with van der Waals surface area (Å²) >= 11 is 0. The van der Waals surface area contributed by atoms with Crippen LogP contribution in [0.3, 0.4) is 0 Å². The second-order valence-electron chi connectivity index (χ2n) is 6.53. The minimum atomic E-state index is 0.160. The van der Waals surface area contributed by atoms with E-state index in [4.69, 9.17) is 5.11 Å². The molecule has 1 atom stereocenters. The zero-order valence-corrected chi connectivity index (χ0v) is 12.8. The Balaban J connectivity index is 2.52. The van der Waals surface area contributed by atoms with Crippen LogP contribution in [0.1, 0.15) is 45.6 Å². The largest absolute Gasteiger partial charge is 0.396 e. The molecule has 1 rings (SSSR count). The molecule has 0 aliphatic heterocycles. The van der Waals surface area contributed by atoms with Gasteiger partial charge in [0.25, 0.3) is 0 Å². The first-order valence-corrected chi connectivity index (χ1v) is 7.33. The van der Waals surface area contributed by atoms with Crippen molar-refractivity contribution in [1.82, 2.24) is 5.32 Å². The third kappa shape index (κ3) is 5.75. The van der Waals surface area contributed by atoms with Gasteiger partial charge in [0, 0.05) is 19.7 Å². The molecule has 0 aromatic heterocycles. The first-order valence-electron chi connectivity index (χ1n) is 7.33. The molecule has 1 aromatic rings. The Morgan fingerprint density at radius 3 is 2.32 bits per heavy atom. The van der Waals surface area contributed by atoms with Crippen LogP contribution < -0.4 is 5.32 Å². The van der Waals surface area contributed by atoms with Crippen molar-refractivity contribution in [2.75, 3.05) is 19.7 Å². The molecule has 0 saturated heterocycles. The van der Waals surface area contributed by atoms with Gasteiger partial charge in [0.15, 0.2) is 0 Å². The quantitative estimate of drug-likeness (QED) is 0.753. The average molecular weight is 263 g/mol. The Hall–Kier alpha value is -0.860. The molecule has 1 unspecified atom stereocenters. The summed E-state index contributed by atoms with van der Waals surface area (Å²) in [6.45, 7) is 11.2. The van der Waals surface area contributed by atoms with Gasteiger partial charge in [-0.3, -0.25) is 0 Å². The number of aliphatic hydroxyl groups excluding tert-OH is 1. The van der Waals surface area contributed by atoms with Crippen molar-refractivity contribution in [1.29, 1.82) is 0 Å². The highest BCUT2D eigenvalue weighted by Gasteiger charge is 2.19. The van der Waals surface area contributed by atoms with Gasteiger partial charge in [-0.05, 0) is 29.2 Å². The molecule has 0 heterocycles.